The van der Waals surface area contributed by atoms with E-state index in [4.69, 9.17) is 9.47 Å². The maximum atomic E-state index is 12.7. The van der Waals surface area contributed by atoms with E-state index in [2.05, 4.69) is 0 Å². The van der Waals surface area contributed by atoms with Crippen molar-refractivity contribution in [3.8, 4) is 11.6 Å². The summed E-state index contributed by atoms with van der Waals surface area (Å²) in [5.41, 5.74) is 1.38. The zero-order valence-electron chi connectivity index (χ0n) is 17.6. The first-order valence-corrected chi connectivity index (χ1v) is 9.74. The molecular weight excluding hydrogens is 384 g/mol. The fourth-order valence-corrected chi connectivity index (χ4v) is 3.29. The van der Waals surface area contributed by atoms with Crippen molar-refractivity contribution in [1.82, 2.24) is 9.30 Å². The van der Waals surface area contributed by atoms with Gasteiger partial charge in [-0.1, -0.05) is 55.0 Å². The first-order valence-electron chi connectivity index (χ1n) is 9.74. The molecule has 0 bridgehead atoms. The molecule has 7 nitrogen and oxygen atoms in total. The van der Waals surface area contributed by atoms with Crippen LogP contribution in [0.2, 0.25) is 0 Å². The second-order valence-electron chi connectivity index (χ2n) is 7.59. The van der Waals surface area contributed by atoms with Crippen LogP contribution in [0.25, 0.3) is 0 Å². The van der Waals surface area contributed by atoms with Crippen molar-refractivity contribution in [3.63, 3.8) is 0 Å². The van der Waals surface area contributed by atoms with Gasteiger partial charge in [0.25, 0.3) is 5.56 Å². The summed E-state index contributed by atoms with van der Waals surface area (Å²) < 4.78 is 13.0. The highest BCUT2D eigenvalue weighted by molar-refractivity contribution is 5.38. The maximum absolute atomic E-state index is 12.7. The molecule has 0 spiro atoms. The van der Waals surface area contributed by atoms with Gasteiger partial charge in [0, 0.05) is 0 Å². The molecule has 0 aliphatic carbocycles. The first-order chi connectivity index (χ1) is 14.3. The first kappa shape index (κ1) is 21.4. The number of aryl methyl sites for hydroxylation is 2. The van der Waals surface area contributed by atoms with Gasteiger partial charge in [-0.2, -0.15) is 0 Å². The number of nitrogens with zero attached hydrogens (tertiary/aromatic N) is 2. The van der Waals surface area contributed by atoms with Gasteiger partial charge in [0.2, 0.25) is 5.88 Å². The third-order valence-corrected chi connectivity index (χ3v) is 4.63. The molecule has 1 heterocycles. The number of rotatable bonds is 7. The van der Waals surface area contributed by atoms with Crippen LogP contribution in [0.5, 0.6) is 11.6 Å². The van der Waals surface area contributed by atoms with Crippen molar-refractivity contribution in [1.29, 1.82) is 0 Å². The second-order valence-corrected chi connectivity index (χ2v) is 7.59. The van der Waals surface area contributed by atoms with Crippen molar-refractivity contribution >= 4 is 0 Å². The molecule has 0 fully saturated rings. The Morgan fingerprint density at radius 3 is 2.23 bits per heavy atom. The zero-order chi connectivity index (χ0) is 21.8. The number of hydrogen-bond donors (Lipinski definition) is 1. The topological polar surface area (TPSA) is 82.7 Å². The molecule has 0 atom stereocenters. The molecule has 7 heteroatoms. The lowest BCUT2D eigenvalue weighted by atomic mass is 10.1. The fraction of sp³-hybridized carbons (Fsp3) is 0.304. The van der Waals surface area contributed by atoms with E-state index in [0.717, 1.165) is 21.3 Å². The lowest BCUT2D eigenvalue weighted by Gasteiger charge is -2.19. The van der Waals surface area contributed by atoms with E-state index in [0.29, 0.717) is 5.75 Å². The summed E-state index contributed by atoms with van der Waals surface area (Å²) in [5.74, 6) is 0.279. The molecule has 158 valence electrons. The van der Waals surface area contributed by atoms with Crippen molar-refractivity contribution in [2.75, 3.05) is 0 Å². The van der Waals surface area contributed by atoms with Crippen molar-refractivity contribution in [2.24, 2.45) is 0 Å². The van der Waals surface area contributed by atoms with Gasteiger partial charge in [-0.25, -0.2) is 9.36 Å². The van der Waals surface area contributed by atoms with E-state index in [1.165, 1.54) is 0 Å². The smallest absolute Gasteiger partial charge is 0.369 e. The average Bonchev–Trinajstić information content (AvgIpc) is 2.68. The molecular formula is C23H26N2O5. The molecule has 0 unspecified atom stereocenters. The molecule has 0 radical (unpaired) electrons. The maximum Gasteiger partial charge on any atom is 0.369 e. The number of aromatic nitrogens is 2. The summed E-state index contributed by atoms with van der Waals surface area (Å²) in [6, 6.07) is 15.1. The van der Waals surface area contributed by atoms with Crippen LogP contribution in [0.3, 0.4) is 0 Å². The van der Waals surface area contributed by atoms with Gasteiger partial charge in [-0.3, -0.25) is 4.79 Å². The number of hydrogen-bond acceptors (Lipinski definition) is 5. The van der Waals surface area contributed by atoms with Gasteiger partial charge >= 0.3 is 5.69 Å². The van der Waals surface area contributed by atoms with Crippen molar-refractivity contribution in [3.05, 3.63) is 91.6 Å². The summed E-state index contributed by atoms with van der Waals surface area (Å²) in [5, 5.41) is 10.1. The quantitative estimate of drug-likeness (QED) is 0.596. The normalized spacial score (nSPS) is 11.1. The molecule has 3 rings (SSSR count). The number of benzene rings is 2. The van der Waals surface area contributed by atoms with Crippen LogP contribution < -0.4 is 16.0 Å². The number of ether oxygens (including phenoxy) is 2. The standard InChI is InChI=1S/C23H26N2O5/c1-15(2)20-21(26)25(28)23(27)24(14-29-13-18-8-6-5-7-9-18)22(20)30-19-11-16(3)10-17(4)12-19/h5-12,15,28H,13-14H2,1-4H3. The Balaban J connectivity index is 2.04. The third-order valence-electron chi connectivity index (χ3n) is 4.63. The van der Waals surface area contributed by atoms with Gasteiger partial charge in [0.15, 0.2) is 0 Å². The van der Waals surface area contributed by atoms with E-state index in [9.17, 15) is 14.8 Å². The van der Waals surface area contributed by atoms with Crippen molar-refractivity contribution in [2.45, 2.75) is 47.0 Å². The van der Waals surface area contributed by atoms with E-state index in [-0.39, 0.29) is 35.4 Å². The SMILES string of the molecule is Cc1cc(C)cc(Oc2c(C(C)C)c(=O)n(O)c(=O)n2COCc2ccccc2)c1. The van der Waals surface area contributed by atoms with E-state index >= 15 is 0 Å². The van der Waals surface area contributed by atoms with Crippen LogP contribution >= 0.6 is 0 Å². The molecule has 3 aromatic rings. The largest absolute Gasteiger partial charge is 0.440 e. The van der Waals surface area contributed by atoms with E-state index in [1.807, 2.05) is 62.4 Å². The minimum atomic E-state index is -0.920. The Bertz CT molecular complexity index is 1130. The van der Waals surface area contributed by atoms with Gasteiger partial charge < -0.3 is 14.7 Å². The lowest BCUT2D eigenvalue weighted by Crippen LogP contribution is -2.41. The third kappa shape index (κ3) is 4.63. The lowest BCUT2D eigenvalue weighted by molar-refractivity contribution is 0.0467. The molecule has 1 N–H and O–H groups in total. The Morgan fingerprint density at radius 2 is 1.63 bits per heavy atom. The fourth-order valence-electron chi connectivity index (χ4n) is 3.29. The van der Waals surface area contributed by atoms with Gasteiger partial charge in [-0.05, 0) is 48.6 Å². The zero-order valence-corrected chi connectivity index (χ0v) is 17.6. The highest BCUT2D eigenvalue weighted by atomic mass is 16.5. The minimum absolute atomic E-state index is 0.0726. The molecule has 0 saturated heterocycles. The molecule has 30 heavy (non-hydrogen) atoms. The highest BCUT2D eigenvalue weighted by Gasteiger charge is 2.23. The minimum Gasteiger partial charge on any atom is -0.440 e. The van der Waals surface area contributed by atoms with Crippen molar-refractivity contribution < 1.29 is 14.7 Å². The predicted octanol–water partition coefficient (Wildman–Crippen LogP) is 3.95. The second kappa shape index (κ2) is 9.00. The van der Waals surface area contributed by atoms with Crippen LogP contribution in [-0.4, -0.2) is 14.5 Å². The van der Waals surface area contributed by atoms with E-state index < -0.39 is 11.2 Å². The Morgan fingerprint density at radius 1 is 1.00 bits per heavy atom. The van der Waals surface area contributed by atoms with E-state index in [1.54, 1.807) is 13.8 Å². The van der Waals surface area contributed by atoms with Gasteiger partial charge in [0.1, 0.15) is 12.5 Å². The molecule has 1 aromatic heterocycles. The predicted molar refractivity (Wildman–Crippen MR) is 113 cm³/mol. The Hall–Kier alpha value is -3.32. The van der Waals surface area contributed by atoms with Crippen LogP contribution in [0.1, 0.15) is 42.0 Å². The monoisotopic (exact) mass is 410 g/mol. The van der Waals surface area contributed by atoms with Gasteiger partial charge in [-0.15, -0.1) is 0 Å². The Labute approximate surface area is 174 Å². The summed E-state index contributed by atoms with van der Waals surface area (Å²) in [4.78, 5) is 25.3. The Kier molecular flexibility index (Phi) is 6.42. The summed E-state index contributed by atoms with van der Waals surface area (Å²) >= 11 is 0. The van der Waals surface area contributed by atoms with Crippen LogP contribution in [0.4, 0.5) is 0 Å². The molecule has 2 aromatic carbocycles. The van der Waals surface area contributed by atoms with Crippen LogP contribution in [0, 0.1) is 13.8 Å². The molecule has 0 saturated carbocycles. The highest BCUT2D eigenvalue weighted by Crippen LogP contribution is 2.28. The summed E-state index contributed by atoms with van der Waals surface area (Å²) in [6.07, 6.45) is 0. The van der Waals surface area contributed by atoms with Crippen LogP contribution in [-0.2, 0) is 18.1 Å². The summed E-state index contributed by atoms with van der Waals surface area (Å²) in [6.45, 7) is 7.54. The molecule has 0 aliphatic heterocycles. The van der Waals surface area contributed by atoms with Gasteiger partial charge in [0.05, 0.1) is 12.2 Å². The molecule has 0 aliphatic rings. The average molecular weight is 410 g/mol. The summed E-state index contributed by atoms with van der Waals surface area (Å²) in [7, 11) is 0. The molecule has 0 amide bonds. The van der Waals surface area contributed by atoms with Crippen LogP contribution in [0.15, 0.2) is 58.1 Å².